The van der Waals surface area contributed by atoms with E-state index in [0.29, 0.717) is 32.4 Å². The zero-order valence-corrected chi connectivity index (χ0v) is 10.6. The molecule has 0 saturated carbocycles. The molecule has 5 heteroatoms. The molecule has 1 fully saturated rings. The fourth-order valence-corrected chi connectivity index (χ4v) is 2.57. The van der Waals surface area contributed by atoms with Gasteiger partial charge in [-0.2, -0.15) is 0 Å². The lowest BCUT2D eigenvalue weighted by Gasteiger charge is -2.40. The predicted octanol–water partition coefficient (Wildman–Crippen LogP) is 0.827. The lowest BCUT2D eigenvalue weighted by molar-refractivity contribution is -0.153. The van der Waals surface area contributed by atoms with Gasteiger partial charge >= 0.3 is 5.97 Å². The average molecular weight is 242 g/mol. The van der Waals surface area contributed by atoms with Crippen molar-refractivity contribution in [3.63, 3.8) is 0 Å². The number of piperidine rings is 1. The Morgan fingerprint density at radius 1 is 1.41 bits per heavy atom. The zero-order chi connectivity index (χ0) is 13.1. The first-order chi connectivity index (χ1) is 7.93. The van der Waals surface area contributed by atoms with Crippen LogP contribution in [0.15, 0.2) is 0 Å². The number of carboxylic acids is 1. The van der Waals surface area contributed by atoms with Crippen LogP contribution < -0.4 is 5.73 Å². The predicted molar refractivity (Wildman–Crippen MR) is 64.4 cm³/mol. The van der Waals surface area contributed by atoms with Crippen LogP contribution in [0.4, 0.5) is 0 Å². The molecular formula is C12H22N2O3. The van der Waals surface area contributed by atoms with E-state index in [9.17, 15) is 14.7 Å². The van der Waals surface area contributed by atoms with Crippen LogP contribution in [0.25, 0.3) is 0 Å². The molecular weight excluding hydrogens is 220 g/mol. The van der Waals surface area contributed by atoms with Crippen molar-refractivity contribution in [3.8, 4) is 0 Å². The molecule has 0 aliphatic carbocycles. The van der Waals surface area contributed by atoms with Gasteiger partial charge in [-0.1, -0.05) is 13.3 Å². The Morgan fingerprint density at radius 2 is 1.94 bits per heavy atom. The number of carboxylic acid groups (broad SMARTS) is 1. The fraction of sp³-hybridized carbons (Fsp3) is 0.833. The number of aliphatic carboxylic acids is 1. The fourth-order valence-electron chi connectivity index (χ4n) is 2.57. The Kier molecular flexibility index (Phi) is 4.51. The van der Waals surface area contributed by atoms with E-state index in [1.165, 1.54) is 0 Å². The van der Waals surface area contributed by atoms with Gasteiger partial charge in [0, 0.05) is 13.1 Å². The number of rotatable bonds is 5. The lowest BCUT2D eigenvalue weighted by atomic mass is 9.75. The average Bonchev–Trinajstić information content (AvgIpc) is 2.29. The molecule has 0 bridgehead atoms. The van der Waals surface area contributed by atoms with E-state index < -0.39 is 11.4 Å². The first kappa shape index (κ1) is 14.0. The SMILES string of the molecule is CCCC1(C(=O)O)CCN(C(C)C(N)=O)CC1. The maximum absolute atomic E-state index is 11.4. The highest BCUT2D eigenvalue weighted by Crippen LogP contribution is 2.36. The third-order valence-electron chi connectivity index (χ3n) is 3.90. The summed E-state index contributed by atoms with van der Waals surface area (Å²) in [6.07, 6.45) is 2.79. The summed E-state index contributed by atoms with van der Waals surface area (Å²) < 4.78 is 0. The van der Waals surface area contributed by atoms with E-state index in [4.69, 9.17) is 5.73 Å². The zero-order valence-electron chi connectivity index (χ0n) is 10.6. The van der Waals surface area contributed by atoms with Crippen molar-refractivity contribution in [1.82, 2.24) is 4.90 Å². The van der Waals surface area contributed by atoms with Crippen molar-refractivity contribution < 1.29 is 14.7 Å². The minimum absolute atomic E-state index is 0.302. The van der Waals surface area contributed by atoms with Crippen molar-refractivity contribution >= 4 is 11.9 Å². The number of amides is 1. The first-order valence-corrected chi connectivity index (χ1v) is 6.19. The Labute approximate surface area is 102 Å². The minimum atomic E-state index is -0.703. The van der Waals surface area contributed by atoms with E-state index in [1.54, 1.807) is 6.92 Å². The molecule has 0 aromatic rings. The Morgan fingerprint density at radius 3 is 2.29 bits per heavy atom. The Balaban J connectivity index is 2.64. The summed E-state index contributed by atoms with van der Waals surface area (Å²) in [5.74, 6) is -1.05. The number of carbonyl (C=O) groups is 2. The molecule has 5 nitrogen and oxygen atoms in total. The summed E-state index contributed by atoms with van der Waals surface area (Å²) in [4.78, 5) is 24.4. The number of hydrogen-bond donors (Lipinski definition) is 2. The van der Waals surface area contributed by atoms with Gasteiger partial charge in [-0.05, 0) is 26.2 Å². The van der Waals surface area contributed by atoms with Crippen molar-refractivity contribution in [1.29, 1.82) is 0 Å². The molecule has 1 rings (SSSR count). The van der Waals surface area contributed by atoms with E-state index in [1.807, 2.05) is 11.8 Å². The molecule has 1 saturated heterocycles. The lowest BCUT2D eigenvalue weighted by Crippen LogP contribution is -2.50. The van der Waals surface area contributed by atoms with Crippen LogP contribution in [-0.2, 0) is 9.59 Å². The van der Waals surface area contributed by atoms with Crippen LogP contribution in [0.3, 0.4) is 0 Å². The number of nitrogens with two attached hydrogens (primary N) is 1. The second-order valence-electron chi connectivity index (χ2n) is 4.95. The largest absolute Gasteiger partial charge is 0.481 e. The monoisotopic (exact) mass is 242 g/mol. The normalized spacial score (nSPS) is 22.0. The third-order valence-corrected chi connectivity index (χ3v) is 3.90. The molecule has 1 atom stereocenters. The van der Waals surface area contributed by atoms with E-state index in [-0.39, 0.29) is 11.9 Å². The molecule has 1 aliphatic rings. The van der Waals surface area contributed by atoms with Gasteiger partial charge in [0.2, 0.25) is 5.91 Å². The highest BCUT2D eigenvalue weighted by molar-refractivity contribution is 5.79. The molecule has 17 heavy (non-hydrogen) atoms. The van der Waals surface area contributed by atoms with Gasteiger partial charge < -0.3 is 10.8 Å². The molecule has 0 spiro atoms. The summed E-state index contributed by atoms with van der Waals surface area (Å²) >= 11 is 0. The van der Waals surface area contributed by atoms with Crippen molar-refractivity contribution in [2.24, 2.45) is 11.1 Å². The smallest absolute Gasteiger partial charge is 0.309 e. The highest BCUT2D eigenvalue weighted by atomic mass is 16.4. The molecule has 0 radical (unpaired) electrons. The van der Waals surface area contributed by atoms with Gasteiger partial charge in [-0.25, -0.2) is 0 Å². The van der Waals surface area contributed by atoms with Gasteiger partial charge in [0.1, 0.15) is 0 Å². The van der Waals surface area contributed by atoms with Crippen LogP contribution >= 0.6 is 0 Å². The van der Waals surface area contributed by atoms with Crippen LogP contribution in [0.1, 0.15) is 39.5 Å². The van der Waals surface area contributed by atoms with Gasteiger partial charge in [0.15, 0.2) is 0 Å². The highest BCUT2D eigenvalue weighted by Gasteiger charge is 2.41. The summed E-state index contributed by atoms with van der Waals surface area (Å²) in [7, 11) is 0. The molecule has 1 amide bonds. The first-order valence-electron chi connectivity index (χ1n) is 6.19. The van der Waals surface area contributed by atoms with Crippen LogP contribution in [0.5, 0.6) is 0 Å². The van der Waals surface area contributed by atoms with Crippen LogP contribution in [-0.4, -0.2) is 41.0 Å². The van der Waals surface area contributed by atoms with Gasteiger partial charge in [-0.3, -0.25) is 14.5 Å². The number of primary amides is 1. The summed E-state index contributed by atoms with van der Waals surface area (Å²) in [5.41, 5.74) is 4.66. The topological polar surface area (TPSA) is 83.6 Å². The Bertz CT molecular complexity index is 296. The maximum Gasteiger partial charge on any atom is 0.309 e. The number of likely N-dealkylation sites (tertiary alicyclic amines) is 1. The Hall–Kier alpha value is -1.10. The van der Waals surface area contributed by atoms with Crippen LogP contribution in [0, 0.1) is 5.41 Å². The molecule has 1 heterocycles. The van der Waals surface area contributed by atoms with Gasteiger partial charge in [0.05, 0.1) is 11.5 Å². The molecule has 98 valence electrons. The summed E-state index contributed by atoms with van der Waals surface area (Å²) in [6.45, 7) is 5.05. The molecule has 1 unspecified atom stereocenters. The molecule has 0 aromatic carbocycles. The molecule has 3 N–H and O–H groups in total. The quantitative estimate of drug-likeness (QED) is 0.748. The number of hydrogen-bond acceptors (Lipinski definition) is 3. The van der Waals surface area contributed by atoms with Gasteiger partial charge in [-0.15, -0.1) is 0 Å². The standard InChI is InChI=1S/C12H22N2O3/c1-3-4-12(11(16)17)5-7-14(8-6-12)9(2)10(13)15/h9H,3-8H2,1-2H3,(H2,13,15)(H,16,17). The van der Waals surface area contributed by atoms with Crippen molar-refractivity contribution in [2.45, 2.75) is 45.6 Å². The maximum atomic E-state index is 11.4. The van der Waals surface area contributed by atoms with E-state index >= 15 is 0 Å². The second-order valence-corrected chi connectivity index (χ2v) is 4.95. The second kappa shape index (κ2) is 5.49. The number of nitrogens with zero attached hydrogens (tertiary/aromatic N) is 1. The third kappa shape index (κ3) is 2.97. The van der Waals surface area contributed by atoms with Crippen molar-refractivity contribution in [2.75, 3.05) is 13.1 Å². The number of carbonyl (C=O) groups excluding carboxylic acids is 1. The molecule has 1 aliphatic heterocycles. The summed E-state index contributed by atoms with van der Waals surface area (Å²) in [6, 6.07) is -0.302. The summed E-state index contributed by atoms with van der Waals surface area (Å²) in [5, 5.41) is 9.34. The van der Waals surface area contributed by atoms with Crippen LogP contribution in [0.2, 0.25) is 0 Å². The minimum Gasteiger partial charge on any atom is -0.481 e. The molecule has 0 aromatic heterocycles. The van der Waals surface area contributed by atoms with Crippen molar-refractivity contribution in [3.05, 3.63) is 0 Å². The van der Waals surface area contributed by atoms with E-state index in [2.05, 4.69) is 0 Å². The van der Waals surface area contributed by atoms with E-state index in [0.717, 1.165) is 6.42 Å². The van der Waals surface area contributed by atoms with Gasteiger partial charge in [0.25, 0.3) is 0 Å².